The second-order valence-electron chi connectivity index (χ2n) is 8.18. The first kappa shape index (κ1) is 22.1. The third kappa shape index (κ3) is 6.17. The van der Waals surface area contributed by atoms with E-state index < -0.39 is 11.7 Å². The van der Waals surface area contributed by atoms with Gasteiger partial charge in [0.1, 0.15) is 11.9 Å². The lowest BCUT2D eigenvalue weighted by molar-refractivity contribution is -0.720. The second-order valence-corrected chi connectivity index (χ2v) is 8.18. The number of hydrazine groups is 1. The SMILES string of the molecule is Cc1cc(OC2CCC(O/N=[N+](\[O-])N(C)C(C)(C)C)CC2)cc(C(F)(F)F)c1. The minimum atomic E-state index is -4.40. The van der Waals surface area contributed by atoms with Gasteiger partial charge >= 0.3 is 6.18 Å². The molecular formula is C19H28F3N3O3. The van der Waals surface area contributed by atoms with Crippen molar-refractivity contribution in [2.24, 2.45) is 5.28 Å². The van der Waals surface area contributed by atoms with Gasteiger partial charge in [0, 0.05) is 0 Å². The molecule has 0 heterocycles. The minimum Gasteiger partial charge on any atom is -0.569 e. The molecule has 0 spiro atoms. The van der Waals surface area contributed by atoms with Crippen molar-refractivity contribution in [2.45, 2.75) is 77.3 Å². The van der Waals surface area contributed by atoms with Gasteiger partial charge in [0.15, 0.2) is 0 Å². The fourth-order valence-corrected chi connectivity index (χ4v) is 2.85. The Bertz CT molecular complexity index is 694. The maximum atomic E-state index is 12.9. The summed E-state index contributed by atoms with van der Waals surface area (Å²) >= 11 is 0. The Morgan fingerprint density at radius 2 is 1.64 bits per heavy atom. The van der Waals surface area contributed by atoms with Crippen molar-refractivity contribution in [2.75, 3.05) is 7.05 Å². The van der Waals surface area contributed by atoms with E-state index >= 15 is 0 Å². The Hall–Kier alpha value is -2.19. The third-order valence-electron chi connectivity index (χ3n) is 4.80. The van der Waals surface area contributed by atoms with Crippen LogP contribution in [0.15, 0.2) is 23.5 Å². The molecule has 158 valence electrons. The number of aryl methyl sites for hydroxylation is 1. The maximum Gasteiger partial charge on any atom is 0.416 e. The van der Waals surface area contributed by atoms with E-state index in [1.54, 1.807) is 20.0 Å². The van der Waals surface area contributed by atoms with Crippen LogP contribution in [0.4, 0.5) is 13.2 Å². The van der Waals surface area contributed by atoms with E-state index in [0.717, 1.165) is 12.1 Å². The number of nitrogens with zero attached hydrogens (tertiary/aromatic N) is 3. The Morgan fingerprint density at radius 1 is 1.07 bits per heavy atom. The van der Waals surface area contributed by atoms with Gasteiger partial charge in [0.2, 0.25) is 5.28 Å². The molecule has 1 aliphatic rings. The molecule has 1 fully saturated rings. The lowest BCUT2D eigenvalue weighted by atomic mass is 9.95. The molecule has 0 aromatic heterocycles. The third-order valence-corrected chi connectivity index (χ3v) is 4.80. The van der Waals surface area contributed by atoms with Gasteiger partial charge in [-0.15, -0.1) is 5.01 Å². The largest absolute Gasteiger partial charge is 0.569 e. The molecule has 0 saturated heterocycles. The molecule has 28 heavy (non-hydrogen) atoms. The molecule has 0 unspecified atom stereocenters. The highest BCUT2D eigenvalue weighted by atomic mass is 19.4. The van der Waals surface area contributed by atoms with E-state index in [1.807, 2.05) is 20.8 Å². The van der Waals surface area contributed by atoms with Gasteiger partial charge in [-0.3, -0.25) is 0 Å². The molecule has 1 saturated carbocycles. The summed E-state index contributed by atoms with van der Waals surface area (Å²) in [6.45, 7) is 7.25. The summed E-state index contributed by atoms with van der Waals surface area (Å²) in [6.07, 6.45) is -2.36. The van der Waals surface area contributed by atoms with Crippen LogP contribution in [-0.2, 0) is 11.0 Å². The minimum absolute atomic E-state index is 0.191. The molecule has 0 bridgehead atoms. The van der Waals surface area contributed by atoms with Crippen LogP contribution in [-0.4, -0.2) is 34.8 Å². The summed E-state index contributed by atoms with van der Waals surface area (Å²) in [5, 5.41) is 16.9. The van der Waals surface area contributed by atoms with E-state index in [9.17, 15) is 18.4 Å². The number of benzene rings is 1. The highest BCUT2D eigenvalue weighted by Gasteiger charge is 2.32. The number of rotatable bonds is 5. The van der Waals surface area contributed by atoms with E-state index in [-0.39, 0.29) is 23.5 Å². The maximum absolute atomic E-state index is 12.9. The van der Waals surface area contributed by atoms with Gasteiger partial charge in [-0.25, -0.2) is 0 Å². The molecule has 0 atom stereocenters. The number of hydrogen-bond acceptors (Lipinski definition) is 4. The smallest absolute Gasteiger partial charge is 0.416 e. The number of hydrogen-bond donors (Lipinski definition) is 0. The average molecular weight is 403 g/mol. The summed E-state index contributed by atoms with van der Waals surface area (Å²) < 4.78 is 44.6. The van der Waals surface area contributed by atoms with Gasteiger partial charge in [-0.2, -0.15) is 13.2 Å². The molecule has 1 aromatic carbocycles. The molecule has 0 radical (unpaired) electrons. The number of alkyl halides is 3. The lowest BCUT2D eigenvalue weighted by Gasteiger charge is -2.28. The number of ether oxygens (including phenoxy) is 1. The standard InChI is InChI=1S/C19H28F3N3O3/c1-13-10-14(19(20,21)22)12-17(11-13)27-15-6-8-16(9-7-15)28-23-25(26)24(5)18(2,3)4/h10-12,15-16H,6-9H2,1-5H3/b25-23-. The van der Waals surface area contributed by atoms with E-state index in [1.165, 1.54) is 5.01 Å². The molecular weight excluding hydrogens is 375 g/mol. The van der Waals surface area contributed by atoms with E-state index in [2.05, 4.69) is 5.28 Å². The van der Waals surface area contributed by atoms with Crippen molar-refractivity contribution in [3.05, 3.63) is 34.5 Å². The van der Waals surface area contributed by atoms with Gasteiger partial charge in [0.25, 0.3) is 0 Å². The van der Waals surface area contributed by atoms with Crippen LogP contribution in [0.25, 0.3) is 0 Å². The Balaban J connectivity index is 1.89. The van der Waals surface area contributed by atoms with Gasteiger partial charge in [-0.1, -0.05) is 0 Å². The predicted molar refractivity (Wildman–Crippen MR) is 97.5 cm³/mol. The molecule has 0 aliphatic heterocycles. The van der Waals surface area contributed by atoms with Crippen molar-refractivity contribution in [3.63, 3.8) is 0 Å². The molecule has 0 N–H and O–H groups in total. The van der Waals surface area contributed by atoms with Crippen molar-refractivity contribution in [1.82, 2.24) is 5.01 Å². The highest BCUT2D eigenvalue weighted by molar-refractivity contribution is 5.35. The fraction of sp³-hybridized carbons (Fsp3) is 0.684. The van der Waals surface area contributed by atoms with Crippen LogP contribution in [0.1, 0.15) is 57.6 Å². The summed E-state index contributed by atoms with van der Waals surface area (Å²) in [5.74, 6) is 0.221. The zero-order valence-electron chi connectivity index (χ0n) is 16.9. The summed E-state index contributed by atoms with van der Waals surface area (Å²) in [6, 6.07) is 3.73. The van der Waals surface area contributed by atoms with Gasteiger partial charge in [-0.05, 0) is 77.1 Å². The Kier molecular flexibility index (Phi) is 6.67. The van der Waals surface area contributed by atoms with Crippen LogP contribution in [0.3, 0.4) is 0 Å². The fourth-order valence-electron chi connectivity index (χ4n) is 2.85. The van der Waals surface area contributed by atoms with Crippen LogP contribution in [0.2, 0.25) is 0 Å². The molecule has 9 heteroatoms. The van der Waals surface area contributed by atoms with Gasteiger partial charge < -0.3 is 14.8 Å². The zero-order valence-corrected chi connectivity index (χ0v) is 16.9. The monoisotopic (exact) mass is 403 g/mol. The average Bonchev–Trinajstić information content (AvgIpc) is 2.58. The zero-order chi connectivity index (χ0) is 21.1. The molecule has 1 aliphatic carbocycles. The summed E-state index contributed by atoms with van der Waals surface area (Å²) in [7, 11) is 1.63. The van der Waals surface area contributed by atoms with Crippen molar-refractivity contribution in [3.8, 4) is 5.75 Å². The normalized spacial score (nSPS) is 21.4. The first-order chi connectivity index (χ1) is 12.9. The first-order valence-corrected chi connectivity index (χ1v) is 9.29. The van der Waals surface area contributed by atoms with Crippen LogP contribution < -0.4 is 4.74 Å². The van der Waals surface area contributed by atoms with E-state index in [4.69, 9.17) is 9.57 Å². The number of halogens is 3. The second kappa shape index (κ2) is 8.45. The molecule has 1 aromatic rings. The van der Waals surface area contributed by atoms with Crippen molar-refractivity contribution < 1.29 is 27.7 Å². The van der Waals surface area contributed by atoms with Gasteiger partial charge in [0.05, 0.1) is 29.2 Å². The van der Waals surface area contributed by atoms with Crippen LogP contribution in [0, 0.1) is 12.1 Å². The topological polar surface area (TPSA) is 60.1 Å². The molecule has 2 rings (SSSR count). The van der Waals surface area contributed by atoms with Crippen molar-refractivity contribution in [1.29, 1.82) is 0 Å². The molecule has 6 nitrogen and oxygen atoms in total. The van der Waals surface area contributed by atoms with Crippen molar-refractivity contribution >= 4 is 0 Å². The predicted octanol–water partition coefficient (Wildman–Crippen LogP) is 5.24. The lowest BCUT2D eigenvalue weighted by Crippen LogP contribution is -2.42. The van der Waals surface area contributed by atoms with Crippen LogP contribution >= 0.6 is 0 Å². The first-order valence-electron chi connectivity index (χ1n) is 9.29. The Morgan fingerprint density at radius 3 is 2.18 bits per heavy atom. The van der Waals surface area contributed by atoms with E-state index in [0.29, 0.717) is 36.2 Å². The quantitative estimate of drug-likeness (QED) is 0.383. The Labute approximate surface area is 163 Å². The van der Waals surface area contributed by atoms with Crippen LogP contribution in [0.5, 0.6) is 5.75 Å². The summed E-state index contributed by atoms with van der Waals surface area (Å²) in [5.41, 5.74) is -0.598. The molecule has 0 amide bonds. The highest BCUT2D eigenvalue weighted by Crippen LogP contribution is 2.34. The summed E-state index contributed by atoms with van der Waals surface area (Å²) in [4.78, 5) is 5.76.